The number of fused-ring (bicyclic) bond motifs is 1. The lowest BCUT2D eigenvalue weighted by molar-refractivity contribution is -0.143. The Morgan fingerprint density at radius 1 is 1.55 bits per heavy atom. The molecule has 0 radical (unpaired) electrons. The smallest absolute Gasteiger partial charge is 0.307 e. The van der Waals surface area contributed by atoms with Crippen LogP contribution in [-0.2, 0) is 16.0 Å². The fraction of sp³-hybridized carbons (Fsp3) is 0.533. The molecule has 0 aromatic heterocycles. The third-order valence-corrected chi connectivity index (χ3v) is 3.34. The number of rotatable bonds is 5. The molecule has 0 aliphatic carbocycles. The van der Waals surface area contributed by atoms with E-state index in [-0.39, 0.29) is 18.5 Å². The van der Waals surface area contributed by atoms with Crippen molar-refractivity contribution in [3.63, 3.8) is 0 Å². The molecule has 2 N–H and O–H groups in total. The summed E-state index contributed by atoms with van der Waals surface area (Å²) in [6, 6.07) is 3.36. The maximum atomic E-state index is 11.5. The summed E-state index contributed by atoms with van der Waals surface area (Å²) < 4.78 is 16.0. The quantitative estimate of drug-likeness (QED) is 0.834. The maximum Gasteiger partial charge on any atom is 0.307 e. The summed E-state index contributed by atoms with van der Waals surface area (Å²) in [5, 5.41) is 0. The molecule has 1 aliphatic rings. The Bertz CT molecular complexity index is 501. The Labute approximate surface area is 119 Å². The van der Waals surface area contributed by atoms with Gasteiger partial charge >= 0.3 is 5.97 Å². The lowest BCUT2D eigenvalue weighted by Gasteiger charge is -2.16. The van der Waals surface area contributed by atoms with Gasteiger partial charge in [0.05, 0.1) is 20.1 Å². The third-order valence-electron chi connectivity index (χ3n) is 3.34. The summed E-state index contributed by atoms with van der Waals surface area (Å²) in [5.41, 5.74) is 7.98. The fourth-order valence-corrected chi connectivity index (χ4v) is 2.43. The van der Waals surface area contributed by atoms with Crippen molar-refractivity contribution in [1.82, 2.24) is 0 Å². The molecule has 0 spiro atoms. The minimum atomic E-state index is -0.464. The molecule has 0 amide bonds. The number of methoxy groups -OCH3 is 1. The first-order valence-electron chi connectivity index (χ1n) is 6.83. The Morgan fingerprint density at radius 3 is 2.95 bits per heavy atom. The van der Waals surface area contributed by atoms with Gasteiger partial charge in [0.25, 0.3) is 0 Å². The first-order chi connectivity index (χ1) is 9.55. The minimum absolute atomic E-state index is 0.124. The highest BCUT2D eigenvalue weighted by Crippen LogP contribution is 2.37. The van der Waals surface area contributed by atoms with Gasteiger partial charge in [-0.25, -0.2) is 0 Å². The Hall–Kier alpha value is -1.75. The molecular weight excluding hydrogens is 258 g/mol. The van der Waals surface area contributed by atoms with E-state index in [1.807, 2.05) is 19.1 Å². The molecule has 0 saturated carbocycles. The van der Waals surface area contributed by atoms with Crippen molar-refractivity contribution in [3.8, 4) is 11.5 Å². The molecule has 0 saturated heterocycles. The van der Waals surface area contributed by atoms with E-state index < -0.39 is 6.04 Å². The van der Waals surface area contributed by atoms with E-state index in [1.165, 1.54) is 0 Å². The van der Waals surface area contributed by atoms with Crippen LogP contribution in [0.5, 0.6) is 11.5 Å². The van der Waals surface area contributed by atoms with Crippen molar-refractivity contribution in [2.75, 3.05) is 13.7 Å². The number of carbonyl (C=O) groups excluding carboxylic acids is 1. The van der Waals surface area contributed by atoms with E-state index in [2.05, 4.69) is 0 Å². The highest BCUT2D eigenvalue weighted by Gasteiger charge is 2.24. The summed E-state index contributed by atoms with van der Waals surface area (Å²) in [4.78, 5) is 11.5. The monoisotopic (exact) mass is 279 g/mol. The van der Waals surface area contributed by atoms with Crippen LogP contribution >= 0.6 is 0 Å². The average Bonchev–Trinajstić information content (AvgIpc) is 2.76. The zero-order chi connectivity index (χ0) is 14.7. The number of esters is 1. The van der Waals surface area contributed by atoms with Gasteiger partial charge in [0.15, 0.2) is 0 Å². The second-order valence-electron chi connectivity index (χ2n) is 4.95. The van der Waals surface area contributed by atoms with E-state index in [1.54, 1.807) is 14.0 Å². The van der Waals surface area contributed by atoms with Crippen molar-refractivity contribution in [2.24, 2.45) is 5.73 Å². The first kappa shape index (κ1) is 14.7. The molecule has 110 valence electrons. The summed E-state index contributed by atoms with van der Waals surface area (Å²) in [6.45, 7) is 4.15. The van der Waals surface area contributed by atoms with Crippen molar-refractivity contribution < 1.29 is 19.0 Å². The van der Waals surface area contributed by atoms with Gasteiger partial charge < -0.3 is 19.9 Å². The van der Waals surface area contributed by atoms with Crippen molar-refractivity contribution in [2.45, 2.75) is 38.8 Å². The van der Waals surface area contributed by atoms with Gasteiger partial charge in [-0.15, -0.1) is 0 Å². The summed E-state index contributed by atoms with van der Waals surface area (Å²) in [7, 11) is 1.60. The van der Waals surface area contributed by atoms with Crippen LogP contribution in [0.15, 0.2) is 12.1 Å². The predicted molar refractivity (Wildman–Crippen MR) is 75.0 cm³/mol. The molecular formula is C15H21NO4. The van der Waals surface area contributed by atoms with Gasteiger partial charge in [-0.2, -0.15) is 0 Å². The first-order valence-corrected chi connectivity index (χ1v) is 6.83. The summed E-state index contributed by atoms with van der Waals surface area (Å²) in [5.74, 6) is 1.21. The second-order valence-corrected chi connectivity index (χ2v) is 4.95. The van der Waals surface area contributed by atoms with Crippen molar-refractivity contribution in [1.29, 1.82) is 0 Å². The average molecular weight is 279 g/mol. The third kappa shape index (κ3) is 3.04. The topological polar surface area (TPSA) is 70.8 Å². The number of hydrogen-bond acceptors (Lipinski definition) is 5. The van der Waals surface area contributed by atoms with Crippen LogP contribution in [0.3, 0.4) is 0 Å². The Balaban J connectivity index is 2.22. The van der Waals surface area contributed by atoms with E-state index in [9.17, 15) is 4.79 Å². The molecule has 5 nitrogen and oxygen atoms in total. The predicted octanol–water partition coefficient (Wildman–Crippen LogP) is 1.97. The minimum Gasteiger partial charge on any atom is -0.496 e. The molecule has 2 rings (SSSR count). The molecule has 0 bridgehead atoms. The molecule has 1 aromatic rings. The number of ether oxygens (including phenoxy) is 3. The number of benzene rings is 1. The molecule has 1 heterocycles. The van der Waals surface area contributed by atoms with E-state index in [4.69, 9.17) is 19.9 Å². The van der Waals surface area contributed by atoms with Gasteiger partial charge in [-0.3, -0.25) is 4.79 Å². The lowest BCUT2D eigenvalue weighted by atomic mass is 10.00. The van der Waals surface area contributed by atoms with Crippen LogP contribution in [0, 0.1) is 0 Å². The van der Waals surface area contributed by atoms with E-state index >= 15 is 0 Å². The van der Waals surface area contributed by atoms with Crippen LogP contribution < -0.4 is 15.2 Å². The molecule has 1 aliphatic heterocycles. The van der Waals surface area contributed by atoms with Crippen molar-refractivity contribution >= 4 is 5.97 Å². The standard InChI is InChI=1S/C15H21NO4/c1-4-19-15(17)8-12(16)11-7-13-10(5-9(2)20-13)6-14(11)18-3/h6-7,9,12H,4-5,8,16H2,1-3H3/t9?,12-/m1/s1. The van der Waals surface area contributed by atoms with Gasteiger partial charge in [0, 0.05) is 23.6 Å². The molecule has 20 heavy (non-hydrogen) atoms. The number of hydrogen-bond donors (Lipinski definition) is 1. The van der Waals surface area contributed by atoms with E-state index in [0.29, 0.717) is 12.4 Å². The van der Waals surface area contributed by atoms with E-state index in [0.717, 1.165) is 23.3 Å². The SMILES string of the molecule is CCOC(=O)C[C@@H](N)c1cc2c(cc1OC)CC(C)O2. The number of nitrogens with two attached hydrogens (primary N) is 1. The Morgan fingerprint density at radius 2 is 2.30 bits per heavy atom. The molecule has 1 aromatic carbocycles. The van der Waals surface area contributed by atoms with Crippen LogP contribution in [0.2, 0.25) is 0 Å². The molecule has 5 heteroatoms. The van der Waals surface area contributed by atoms with Crippen LogP contribution in [0.4, 0.5) is 0 Å². The molecule has 1 unspecified atom stereocenters. The highest BCUT2D eigenvalue weighted by molar-refractivity contribution is 5.70. The molecule has 2 atom stereocenters. The molecule has 0 fully saturated rings. The van der Waals surface area contributed by atoms with Crippen LogP contribution in [0.1, 0.15) is 37.4 Å². The maximum absolute atomic E-state index is 11.5. The zero-order valence-corrected chi connectivity index (χ0v) is 12.1. The van der Waals surface area contributed by atoms with Crippen LogP contribution in [0.25, 0.3) is 0 Å². The summed E-state index contributed by atoms with van der Waals surface area (Å²) in [6.07, 6.45) is 1.14. The van der Waals surface area contributed by atoms with Gasteiger partial charge in [-0.05, 0) is 26.0 Å². The summed E-state index contributed by atoms with van der Waals surface area (Å²) >= 11 is 0. The van der Waals surface area contributed by atoms with Gasteiger partial charge in [-0.1, -0.05) is 0 Å². The zero-order valence-electron chi connectivity index (χ0n) is 12.1. The highest BCUT2D eigenvalue weighted by atomic mass is 16.5. The van der Waals surface area contributed by atoms with Crippen molar-refractivity contribution in [3.05, 3.63) is 23.3 Å². The van der Waals surface area contributed by atoms with Gasteiger partial charge in [0.2, 0.25) is 0 Å². The largest absolute Gasteiger partial charge is 0.496 e. The van der Waals surface area contributed by atoms with Gasteiger partial charge in [0.1, 0.15) is 17.6 Å². The second kappa shape index (κ2) is 6.13. The van der Waals surface area contributed by atoms with Crippen LogP contribution in [-0.4, -0.2) is 25.8 Å². The lowest BCUT2D eigenvalue weighted by Crippen LogP contribution is -2.18. The fourth-order valence-electron chi connectivity index (χ4n) is 2.43. The normalized spacial score (nSPS) is 18.1. The number of carbonyl (C=O) groups is 1. The Kier molecular flexibility index (Phi) is 4.49.